The molecule has 0 bridgehead atoms. The van der Waals surface area contributed by atoms with Crippen molar-refractivity contribution in [2.45, 2.75) is 163 Å². The van der Waals surface area contributed by atoms with Gasteiger partial charge in [-0.05, 0) is 209 Å². The van der Waals surface area contributed by atoms with E-state index in [9.17, 15) is 0 Å². The molecule has 0 rings (SSSR count). The van der Waals surface area contributed by atoms with Crippen molar-refractivity contribution in [3.05, 3.63) is 85.9 Å². The lowest BCUT2D eigenvalue weighted by molar-refractivity contribution is -0.269. The second kappa shape index (κ2) is 30.8. The van der Waals surface area contributed by atoms with Crippen LogP contribution in [0, 0.1) is 0 Å². The van der Waals surface area contributed by atoms with Gasteiger partial charge in [0.15, 0.2) is 16.6 Å². The lowest BCUT2D eigenvalue weighted by Gasteiger charge is -2.44. The fourth-order valence-electron chi connectivity index (χ4n) is 6.99. The summed E-state index contributed by atoms with van der Waals surface area (Å²) in [6.07, 6.45) is 1.34. The Balaban J connectivity index is 5.80. The summed E-state index contributed by atoms with van der Waals surface area (Å²) in [5, 5.41) is 0. The molecule has 0 radical (unpaired) electrons. The van der Waals surface area contributed by atoms with Gasteiger partial charge in [0.2, 0.25) is 0 Å². The van der Waals surface area contributed by atoms with Crippen molar-refractivity contribution in [2.75, 3.05) is 12.7 Å². The molecule has 0 aliphatic carbocycles. The van der Waals surface area contributed by atoms with Gasteiger partial charge >= 0.3 is 111 Å². The lowest BCUT2D eigenvalue weighted by atomic mass is 10.5. The Morgan fingerprint density at radius 3 is 0.654 bits per heavy atom. The molecule has 0 saturated carbocycles. The SMILES string of the molecule is C=C[Si](C)(OO[Si](C)(C=C)OO[Si](C)(C=C)OO[Si](C)(C=C)O[Si](C)(C)CCCN)OO[Si](C)(C=C)OO[Si](C)(C=C)OO[Si](C)(C=C)O[Si](C)(C)O[Si](C)(C)O[Si](C)(C)O[Si](C)(C)O[Si](C)(C)O[Si](C)(C)O[Si](C)(C)CN. The van der Waals surface area contributed by atoms with Crippen molar-refractivity contribution in [1.29, 1.82) is 0 Å². The van der Waals surface area contributed by atoms with Gasteiger partial charge in [0.05, 0.1) is 0 Å². The highest BCUT2D eigenvalue weighted by molar-refractivity contribution is 6.93. The van der Waals surface area contributed by atoms with Crippen LogP contribution in [0.2, 0.25) is 157 Å². The van der Waals surface area contributed by atoms with Crippen LogP contribution in [0.3, 0.4) is 0 Å². The molecule has 37 heteroatoms. The molecule has 0 aromatic carbocycles. The average molecular weight is 1360 g/mol. The van der Waals surface area contributed by atoms with Gasteiger partial charge in [0, 0.05) is 6.17 Å². The van der Waals surface area contributed by atoms with E-state index in [1.807, 2.05) is 85.1 Å². The largest absolute Gasteiger partial charge is 0.435 e. The van der Waals surface area contributed by atoms with Gasteiger partial charge in [-0.25, -0.2) is 0 Å². The fraction of sp³-hybridized carbons (Fsp3) is 0.659. The van der Waals surface area contributed by atoms with Crippen molar-refractivity contribution in [1.82, 2.24) is 0 Å². The van der Waals surface area contributed by atoms with E-state index in [2.05, 4.69) is 72.2 Å². The van der Waals surface area contributed by atoms with E-state index in [1.165, 1.54) is 28.5 Å². The molecule has 0 amide bonds. The van der Waals surface area contributed by atoms with Gasteiger partial charge in [0.25, 0.3) is 0 Å². The maximum absolute atomic E-state index is 6.79. The van der Waals surface area contributed by atoms with Crippen molar-refractivity contribution in [3.63, 3.8) is 0 Å². The molecule has 0 aliphatic heterocycles. The minimum absolute atomic E-state index is 0.506. The number of hydrogen-bond acceptors (Lipinski definition) is 22. The zero-order valence-corrected chi connectivity index (χ0v) is 66.6. The summed E-state index contributed by atoms with van der Waals surface area (Å²) in [4.78, 5) is 0. The topological polar surface area (TPSA) is 237 Å². The second-order valence-electron chi connectivity index (χ2n) is 23.4. The van der Waals surface area contributed by atoms with Crippen LogP contribution >= 0.6 is 0 Å². The summed E-state index contributed by atoms with van der Waals surface area (Å²) in [6.45, 7) is 71.9. The molecule has 4 N–H and O–H groups in total. The summed E-state index contributed by atoms with van der Waals surface area (Å²) in [6, 6.07) is 0.850. The van der Waals surface area contributed by atoms with E-state index in [4.69, 9.17) is 99.3 Å². The van der Waals surface area contributed by atoms with Gasteiger partial charge in [-0.2, -0.15) is 0 Å². The zero-order chi connectivity index (χ0) is 61.4. The first-order chi connectivity index (χ1) is 34.9. The van der Waals surface area contributed by atoms with Crippen LogP contribution < -0.4 is 11.5 Å². The Morgan fingerprint density at radius 1 is 0.256 bits per heavy atom. The second-order valence-corrected chi connectivity index (χ2v) is 73.7. The molecule has 0 aromatic rings. The third kappa shape index (κ3) is 30.6. The first-order valence-corrected chi connectivity index (χ1v) is 65.5. The highest BCUT2D eigenvalue weighted by Gasteiger charge is 2.52. The van der Waals surface area contributed by atoms with Crippen LogP contribution in [0.15, 0.2) is 85.9 Å². The molecular formula is C41H102N2O20Si15. The molecule has 22 nitrogen and oxygen atoms in total. The van der Waals surface area contributed by atoms with E-state index in [0.717, 1.165) is 12.5 Å². The molecule has 456 valence electrons. The summed E-state index contributed by atoms with van der Waals surface area (Å²) < 4.78 is 124. The van der Waals surface area contributed by atoms with Gasteiger partial charge in [-0.1, -0.05) is 0 Å². The molecule has 0 spiro atoms. The monoisotopic (exact) mass is 1360 g/mol. The summed E-state index contributed by atoms with van der Waals surface area (Å²) in [7, 11) is -44.9. The number of rotatable bonds is 45. The van der Waals surface area contributed by atoms with E-state index < -0.39 is 128 Å². The Hall–Kier alpha value is 0.553. The van der Waals surface area contributed by atoms with Crippen LogP contribution in [0.25, 0.3) is 0 Å². The number of nitrogens with two attached hydrogens (primary N) is 2. The number of hydrogen-bond donors (Lipinski definition) is 2. The standard InChI is InChI=1S/C41H102N2O20Si15/c1-31-72(24,44-46-73(25,32-2)48-50-75(27,34-4)52-54-77(29,36-6)57-64(8,9)40-38-39-42)45-47-74(26,33-3)49-51-76(28,35-5)53-55-78(30,37-7)63-71(22,23)62-70(20,21)61-69(18,19)60-68(16,17)59-67(14,15)58-66(12,13)56-65(10,11)41-43/h31-37H,1-7,38-43H2,8-30H3. The van der Waals surface area contributed by atoms with Crippen molar-refractivity contribution in [3.8, 4) is 0 Å². The normalized spacial score (nSPS) is 19.1. The van der Waals surface area contributed by atoms with Crippen LogP contribution in [-0.2, 0) is 87.8 Å². The highest BCUT2D eigenvalue weighted by Crippen LogP contribution is 2.31. The summed E-state index contributed by atoms with van der Waals surface area (Å²) in [5.41, 5.74) is 22.2. The van der Waals surface area contributed by atoms with Gasteiger partial charge < -0.3 is 44.4 Å². The fourth-order valence-corrected chi connectivity index (χ4v) is 59.2. The third-order valence-corrected chi connectivity index (χ3v) is 55.2. The van der Waals surface area contributed by atoms with Crippen molar-refractivity contribution in [2.24, 2.45) is 11.5 Å². The Morgan fingerprint density at radius 2 is 0.449 bits per heavy atom. The van der Waals surface area contributed by atoms with Crippen molar-refractivity contribution >= 4 is 128 Å². The maximum atomic E-state index is 6.79. The van der Waals surface area contributed by atoms with E-state index in [-0.39, 0.29) is 0 Å². The summed E-state index contributed by atoms with van der Waals surface area (Å²) >= 11 is 0. The van der Waals surface area contributed by atoms with Gasteiger partial charge in [-0.15, -0.1) is 46.1 Å². The molecule has 0 aliphatic rings. The highest BCUT2D eigenvalue weighted by atomic mass is 28.5. The molecular weight excluding hydrogens is 1260 g/mol. The molecule has 0 heterocycles. The smallest absolute Gasteiger partial charge is 0.426 e. The molecule has 0 fully saturated rings. The minimum atomic E-state index is -3.55. The maximum Gasteiger partial charge on any atom is 0.426 e. The van der Waals surface area contributed by atoms with Crippen LogP contribution in [0.4, 0.5) is 0 Å². The molecule has 7 unspecified atom stereocenters. The third-order valence-electron chi connectivity index (χ3n) is 10.2. The van der Waals surface area contributed by atoms with E-state index >= 15 is 0 Å². The molecule has 78 heavy (non-hydrogen) atoms. The van der Waals surface area contributed by atoms with Gasteiger partial charge in [-0.3, -0.25) is 54.9 Å². The molecule has 0 aromatic heterocycles. The Kier molecular flexibility index (Phi) is 31.0. The van der Waals surface area contributed by atoms with E-state index in [0.29, 0.717) is 12.7 Å². The van der Waals surface area contributed by atoms with Crippen LogP contribution in [0.5, 0.6) is 0 Å². The first kappa shape index (κ1) is 78.6. The molecule has 0 saturated heterocycles. The predicted octanol–water partition coefficient (Wildman–Crippen LogP) is 10.9. The minimum Gasteiger partial charge on any atom is -0.435 e. The van der Waals surface area contributed by atoms with Crippen LogP contribution in [-0.4, -0.2) is 141 Å². The predicted molar refractivity (Wildman–Crippen MR) is 342 cm³/mol. The van der Waals surface area contributed by atoms with E-state index in [1.54, 1.807) is 50.7 Å². The van der Waals surface area contributed by atoms with Crippen molar-refractivity contribution < 1.29 is 87.8 Å². The quantitative estimate of drug-likeness (QED) is 0.0327. The first-order valence-electron chi connectivity index (χ1n) is 25.6. The zero-order valence-electron chi connectivity index (χ0n) is 51.6. The average Bonchev–Trinajstić information content (AvgIpc) is 3.29. The Labute approximate surface area is 485 Å². The van der Waals surface area contributed by atoms with Gasteiger partial charge in [0.1, 0.15) is 0 Å². The van der Waals surface area contributed by atoms with Crippen LogP contribution in [0.1, 0.15) is 6.42 Å². The Bertz CT molecular complexity index is 1990. The summed E-state index contributed by atoms with van der Waals surface area (Å²) in [5.74, 6) is 0. The molecule has 7 atom stereocenters. The lowest BCUT2D eigenvalue weighted by Crippen LogP contribution is -2.62.